The second-order valence-corrected chi connectivity index (χ2v) is 12.5. The van der Waals surface area contributed by atoms with E-state index in [4.69, 9.17) is 23.7 Å². The van der Waals surface area contributed by atoms with Crippen molar-refractivity contribution >= 4 is 28.5 Å². The van der Waals surface area contributed by atoms with Gasteiger partial charge in [-0.3, -0.25) is 0 Å². The van der Waals surface area contributed by atoms with E-state index in [0.29, 0.717) is 74.6 Å². The van der Waals surface area contributed by atoms with Crippen LogP contribution in [0.25, 0.3) is 10.9 Å². The van der Waals surface area contributed by atoms with Crippen molar-refractivity contribution < 1.29 is 28.5 Å². The Labute approximate surface area is 265 Å². The predicted octanol–water partition coefficient (Wildman–Crippen LogP) is 5.27. The van der Waals surface area contributed by atoms with Gasteiger partial charge < -0.3 is 43.7 Å². The second kappa shape index (κ2) is 14.4. The SMILES string of the molecule is CCN(C)CCCOc1cc2ncnc3c2cc1OCCCN(C(=O)OC(C)(C)C)CCN(C)Cc1ccc2c(c1N3)OCO2. The molecule has 1 N–H and O–H groups in total. The van der Waals surface area contributed by atoms with Crippen molar-refractivity contribution in [2.24, 2.45) is 0 Å². The lowest BCUT2D eigenvalue weighted by atomic mass is 10.1. The number of benzene rings is 2. The highest BCUT2D eigenvalue weighted by Gasteiger charge is 2.25. The molecule has 3 aromatic rings. The number of nitrogens with zero attached hydrogens (tertiary/aromatic N) is 5. The molecule has 5 rings (SSSR count). The van der Waals surface area contributed by atoms with E-state index in [1.165, 1.54) is 0 Å². The number of carbonyl (C=O) groups excluding carboxylic acids is 1. The Hall–Kier alpha value is -4.03. The molecule has 2 aliphatic rings. The third-order valence-electron chi connectivity index (χ3n) is 7.72. The average molecular weight is 623 g/mol. The van der Waals surface area contributed by atoms with Gasteiger partial charge in [0, 0.05) is 44.2 Å². The largest absolute Gasteiger partial charge is 0.490 e. The first kappa shape index (κ1) is 32.4. The van der Waals surface area contributed by atoms with Crippen molar-refractivity contribution in [3.05, 3.63) is 36.2 Å². The van der Waals surface area contributed by atoms with E-state index in [0.717, 1.165) is 41.7 Å². The molecule has 1 aromatic heterocycles. The number of carbonyl (C=O) groups is 1. The first-order chi connectivity index (χ1) is 21.6. The minimum Gasteiger partial charge on any atom is -0.490 e. The van der Waals surface area contributed by atoms with Gasteiger partial charge in [0.25, 0.3) is 0 Å². The Kier molecular flexibility index (Phi) is 10.3. The molecule has 2 bridgehead atoms. The van der Waals surface area contributed by atoms with Gasteiger partial charge >= 0.3 is 6.09 Å². The van der Waals surface area contributed by atoms with E-state index >= 15 is 0 Å². The topological polar surface area (TPSA) is 111 Å². The fourth-order valence-electron chi connectivity index (χ4n) is 5.18. The highest BCUT2D eigenvalue weighted by molar-refractivity contribution is 5.94. The van der Waals surface area contributed by atoms with E-state index < -0.39 is 5.60 Å². The molecule has 3 heterocycles. The number of ether oxygens (including phenoxy) is 5. The Bertz CT molecular complexity index is 1480. The molecular weight excluding hydrogens is 576 g/mol. The number of likely N-dealkylation sites (N-methyl/N-ethyl adjacent to an activating group) is 1. The summed E-state index contributed by atoms with van der Waals surface area (Å²) in [6.45, 7) is 13.0. The molecule has 0 unspecified atom stereocenters. The van der Waals surface area contributed by atoms with Gasteiger partial charge in [-0.1, -0.05) is 13.0 Å². The lowest BCUT2D eigenvalue weighted by Crippen LogP contribution is -2.41. The van der Waals surface area contributed by atoms with Gasteiger partial charge in [-0.15, -0.1) is 0 Å². The molecule has 2 aliphatic heterocycles. The van der Waals surface area contributed by atoms with Crippen LogP contribution in [0, 0.1) is 0 Å². The number of fused-ring (bicyclic) bond motifs is 4. The van der Waals surface area contributed by atoms with Crippen LogP contribution in [0.1, 0.15) is 46.1 Å². The molecule has 12 nitrogen and oxygen atoms in total. The summed E-state index contributed by atoms with van der Waals surface area (Å²) in [5.41, 5.74) is 1.90. The molecule has 0 atom stereocenters. The smallest absolute Gasteiger partial charge is 0.410 e. The molecule has 0 radical (unpaired) electrons. The van der Waals surface area contributed by atoms with Gasteiger partial charge in [-0.2, -0.15) is 0 Å². The van der Waals surface area contributed by atoms with Crippen LogP contribution < -0.4 is 24.3 Å². The molecule has 0 saturated heterocycles. The number of aromatic nitrogens is 2. The quantitative estimate of drug-likeness (QED) is 0.363. The molecule has 45 heavy (non-hydrogen) atoms. The van der Waals surface area contributed by atoms with E-state index in [1.54, 1.807) is 11.2 Å². The Balaban J connectivity index is 1.50. The second-order valence-electron chi connectivity index (χ2n) is 12.5. The Morgan fingerprint density at radius 3 is 2.73 bits per heavy atom. The third kappa shape index (κ3) is 8.37. The Morgan fingerprint density at radius 2 is 1.93 bits per heavy atom. The summed E-state index contributed by atoms with van der Waals surface area (Å²) in [6, 6.07) is 7.78. The molecule has 0 fully saturated rings. The molecule has 0 aliphatic carbocycles. The van der Waals surface area contributed by atoms with Crippen LogP contribution in [-0.4, -0.2) is 103 Å². The molecule has 0 spiro atoms. The van der Waals surface area contributed by atoms with Crippen molar-refractivity contribution in [3.8, 4) is 23.0 Å². The van der Waals surface area contributed by atoms with Crippen molar-refractivity contribution in [2.45, 2.75) is 52.7 Å². The van der Waals surface area contributed by atoms with Crippen LogP contribution in [0.5, 0.6) is 23.0 Å². The van der Waals surface area contributed by atoms with Crippen LogP contribution in [-0.2, 0) is 11.3 Å². The molecule has 1 amide bonds. The van der Waals surface area contributed by atoms with E-state index in [2.05, 4.69) is 39.1 Å². The first-order valence-electron chi connectivity index (χ1n) is 15.7. The molecule has 244 valence electrons. The highest BCUT2D eigenvalue weighted by atomic mass is 16.7. The van der Waals surface area contributed by atoms with E-state index in [9.17, 15) is 4.79 Å². The van der Waals surface area contributed by atoms with Gasteiger partial charge in [0.15, 0.2) is 23.0 Å². The summed E-state index contributed by atoms with van der Waals surface area (Å²) in [5, 5.41) is 4.32. The van der Waals surface area contributed by atoms with E-state index in [-0.39, 0.29) is 12.9 Å². The summed E-state index contributed by atoms with van der Waals surface area (Å²) in [5.74, 6) is 3.14. The van der Waals surface area contributed by atoms with Crippen molar-refractivity contribution in [3.63, 3.8) is 0 Å². The first-order valence-corrected chi connectivity index (χ1v) is 15.7. The zero-order valence-corrected chi connectivity index (χ0v) is 27.4. The zero-order chi connectivity index (χ0) is 32.0. The van der Waals surface area contributed by atoms with Gasteiger partial charge in [-0.25, -0.2) is 14.8 Å². The van der Waals surface area contributed by atoms with Gasteiger partial charge in [0.2, 0.25) is 6.79 Å². The third-order valence-corrected chi connectivity index (χ3v) is 7.72. The van der Waals surface area contributed by atoms with Gasteiger partial charge in [0.1, 0.15) is 17.7 Å². The fourth-order valence-corrected chi connectivity index (χ4v) is 5.18. The summed E-state index contributed by atoms with van der Waals surface area (Å²) in [4.78, 5) is 28.5. The number of hydrogen-bond donors (Lipinski definition) is 1. The Morgan fingerprint density at radius 1 is 1.09 bits per heavy atom. The maximum atomic E-state index is 13.2. The minimum atomic E-state index is -0.592. The molecular formula is C33H46N6O6. The van der Waals surface area contributed by atoms with Crippen LogP contribution in [0.4, 0.5) is 16.3 Å². The minimum absolute atomic E-state index is 0.144. The number of nitrogens with one attached hydrogen (secondary N) is 1. The summed E-state index contributed by atoms with van der Waals surface area (Å²) >= 11 is 0. The van der Waals surface area contributed by atoms with Crippen LogP contribution in [0.2, 0.25) is 0 Å². The zero-order valence-electron chi connectivity index (χ0n) is 27.4. The van der Waals surface area contributed by atoms with Crippen molar-refractivity contribution in [2.75, 3.05) is 72.1 Å². The van der Waals surface area contributed by atoms with Crippen molar-refractivity contribution in [1.82, 2.24) is 24.7 Å². The monoisotopic (exact) mass is 622 g/mol. The lowest BCUT2D eigenvalue weighted by Gasteiger charge is -2.29. The van der Waals surface area contributed by atoms with Gasteiger partial charge in [0.05, 0.1) is 24.4 Å². The summed E-state index contributed by atoms with van der Waals surface area (Å²) < 4.78 is 30.0. The molecule has 2 aromatic carbocycles. The van der Waals surface area contributed by atoms with Gasteiger partial charge in [-0.05, 0) is 71.9 Å². The maximum absolute atomic E-state index is 13.2. The molecule has 12 heteroatoms. The van der Waals surface area contributed by atoms with E-state index in [1.807, 2.05) is 52.1 Å². The summed E-state index contributed by atoms with van der Waals surface area (Å²) in [7, 11) is 4.13. The number of amides is 1. The van der Waals surface area contributed by atoms with Crippen molar-refractivity contribution in [1.29, 1.82) is 0 Å². The van der Waals surface area contributed by atoms with Crippen LogP contribution >= 0.6 is 0 Å². The highest BCUT2D eigenvalue weighted by Crippen LogP contribution is 2.44. The standard InChI is InChI=1S/C33H46N6O6/c1-7-37(5)12-8-16-42-28-19-25-24-18-27(28)41-17-9-13-39(32(40)45-33(2,3)4)15-14-38(6)20-23-10-11-26-30(44-22-43-26)29(23)36-31(24)35-21-34-25/h10-11,18-19,21H,7-9,12-17,20,22H2,1-6H3,(H,34,35,36). The fraction of sp³-hybridized carbons (Fsp3) is 0.545. The normalized spacial score (nSPS) is 15.9. The van der Waals surface area contributed by atoms with Crippen LogP contribution in [0.15, 0.2) is 30.6 Å². The predicted molar refractivity (Wildman–Crippen MR) is 173 cm³/mol. The average Bonchev–Trinajstić information content (AvgIpc) is 3.48. The molecule has 0 saturated carbocycles. The number of rotatable bonds is 6. The lowest BCUT2D eigenvalue weighted by molar-refractivity contribution is 0.0227. The summed E-state index contributed by atoms with van der Waals surface area (Å²) in [6.07, 6.45) is 2.70. The van der Waals surface area contributed by atoms with Crippen LogP contribution in [0.3, 0.4) is 0 Å². The number of anilines is 2. The number of hydrogen-bond acceptors (Lipinski definition) is 11. The maximum Gasteiger partial charge on any atom is 0.410 e.